The van der Waals surface area contributed by atoms with Crippen LogP contribution < -0.4 is 5.68 Å². The largest absolute Gasteiger partial charge is 0.320 e. The van der Waals surface area contributed by atoms with E-state index in [0.717, 1.165) is 31.0 Å². The highest BCUT2D eigenvalue weighted by Crippen LogP contribution is 2.14. The molecule has 0 fully saturated rings. The van der Waals surface area contributed by atoms with Gasteiger partial charge in [0.2, 0.25) is 0 Å². The highest BCUT2D eigenvalue weighted by Gasteiger charge is 2.11. The third kappa shape index (κ3) is 3.12. The summed E-state index contributed by atoms with van der Waals surface area (Å²) in [5, 5.41) is 11.8. The summed E-state index contributed by atoms with van der Waals surface area (Å²) in [6.45, 7) is 7.91. The van der Waals surface area contributed by atoms with Gasteiger partial charge in [-0.2, -0.15) is 0 Å². The Kier molecular flexibility index (Phi) is 4.52. The van der Waals surface area contributed by atoms with Crippen molar-refractivity contribution in [1.29, 1.82) is 5.41 Å². The molecule has 2 rings (SSSR count). The van der Waals surface area contributed by atoms with Crippen LogP contribution in [0.2, 0.25) is 0 Å². The number of likely N-dealkylation sites (N-methyl/N-ethyl adjacent to an activating group) is 1. The van der Waals surface area contributed by atoms with Crippen molar-refractivity contribution in [3.8, 4) is 11.4 Å². The van der Waals surface area contributed by atoms with E-state index >= 15 is 0 Å². The first-order chi connectivity index (χ1) is 9.26. The Bertz CT molecular complexity index is 554. The summed E-state index contributed by atoms with van der Waals surface area (Å²) >= 11 is 0. The topological polar surface area (TPSA) is 58.1 Å². The van der Waals surface area contributed by atoms with Gasteiger partial charge in [-0.3, -0.25) is 4.57 Å². The Labute approximate surface area is 113 Å². The summed E-state index contributed by atoms with van der Waals surface area (Å²) in [6.07, 6.45) is 0. The van der Waals surface area contributed by atoms with Crippen LogP contribution in [0.1, 0.15) is 13.8 Å². The van der Waals surface area contributed by atoms with Crippen molar-refractivity contribution in [2.75, 3.05) is 19.6 Å². The van der Waals surface area contributed by atoms with Gasteiger partial charge in [0, 0.05) is 18.7 Å². The minimum Gasteiger partial charge on any atom is -0.315 e. The Morgan fingerprint density at radius 2 is 1.89 bits per heavy atom. The molecule has 0 amide bonds. The molecule has 0 aliphatic rings. The summed E-state index contributed by atoms with van der Waals surface area (Å²) in [5.41, 5.74) is 1.08. The molecule has 0 aliphatic heterocycles. The third-order valence-electron chi connectivity index (χ3n) is 3.29. The van der Waals surface area contributed by atoms with Gasteiger partial charge < -0.3 is 9.42 Å². The van der Waals surface area contributed by atoms with Crippen LogP contribution in [0.5, 0.6) is 0 Å². The number of benzene rings is 1. The summed E-state index contributed by atoms with van der Waals surface area (Å²) in [5.74, 6) is 0.720. The van der Waals surface area contributed by atoms with Crippen molar-refractivity contribution in [3.05, 3.63) is 36.0 Å². The molecule has 102 valence electrons. The SMILES string of the molecule is CCN(CC)CCn1c(-c2ccccc2)noc1=N. The van der Waals surface area contributed by atoms with Gasteiger partial charge in [0.25, 0.3) is 0 Å². The highest BCUT2D eigenvalue weighted by atomic mass is 16.5. The summed E-state index contributed by atoms with van der Waals surface area (Å²) in [6, 6.07) is 9.84. The normalized spacial score (nSPS) is 11.1. The van der Waals surface area contributed by atoms with E-state index in [-0.39, 0.29) is 5.68 Å². The second-order valence-corrected chi connectivity index (χ2v) is 4.36. The fourth-order valence-corrected chi connectivity index (χ4v) is 2.07. The van der Waals surface area contributed by atoms with Crippen LogP contribution in [0.15, 0.2) is 34.9 Å². The first-order valence-corrected chi connectivity index (χ1v) is 6.65. The molecule has 2 aromatic rings. The van der Waals surface area contributed by atoms with Gasteiger partial charge in [0.15, 0.2) is 5.82 Å². The molecule has 19 heavy (non-hydrogen) atoms. The Balaban J connectivity index is 2.21. The lowest BCUT2D eigenvalue weighted by Gasteiger charge is -2.18. The van der Waals surface area contributed by atoms with E-state index in [1.807, 2.05) is 34.9 Å². The lowest BCUT2D eigenvalue weighted by atomic mass is 10.2. The molecule has 0 aliphatic carbocycles. The van der Waals surface area contributed by atoms with Gasteiger partial charge >= 0.3 is 5.68 Å². The minimum absolute atomic E-state index is 0.103. The van der Waals surface area contributed by atoms with Crippen molar-refractivity contribution >= 4 is 0 Å². The summed E-state index contributed by atoms with van der Waals surface area (Å²) in [4.78, 5) is 2.31. The van der Waals surface area contributed by atoms with Crippen molar-refractivity contribution in [2.24, 2.45) is 0 Å². The van der Waals surface area contributed by atoms with Gasteiger partial charge in [-0.15, -0.1) is 0 Å². The molecule has 1 aromatic heterocycles. The average Bonchev–Trinajstić information content (AvgIpc) is 2.82. The smallest absolute Gasteiger partial charge is 0.315 e. The molecule has 0 spiro atoms. The van der Waals surface area contributed by atoms with Gasteiger partial charge in [-0.25, -0.2) is 5.41 Å². The zero-order chi connectivity index (χ0) is 13.7. The van der Waals surface area contributed by atoms with Crippen molar-refractivity contribution < 1.29 is 4.52 Å². The van der Waals surface area contributed by atoms with Crippen LogP contribution in [0.25, 0.3) is 11.4 Å². The quantitative estimate of drug-likeness (QED) is 0.863. The maximum atomic E-state index is 7.81. The zero-order valence-corrected chi connectivity index (χ0v) is 11.5. The molecular weight excluding hydrogens is 240 g/mol. The van der Waals surface area contributed by atoms with Crippen molar-refractivity contribution in [2.45, 2.75) is 20.4 Å². The first kappa shape index (κ1) is 13.5. The molecular formula is C14H20N4O. The Hall–Kier alpha value is -1.88. The van der Waals surface area contributed by atoms with Gasteiger partial charge in [-0.05, 0) is 13.1 Å². The number of nitrogens with zero attached hydrogens (tertiary/aromatic N) is 3. The predicted molar refractivity (Wildman–Crippen MR) is 73.6 cm³/mol. The second-order valence-electron chi connectivity index (χ2n) is 4.36. The van der Waals surface area contributed by atoms with Crippen molar-refractivity contribution in [1.82, 2.24) is 14.6 Å². The van der Waals surface area contributed by atoms with Crippen LogP contribution in [-0.4, -0.2) is 34.3 Å². The number of rotatable bonds is 6. The van der Waals surface area contributed by atoms with Gasteiger partial charge in [-0.1, -0.05) is 49.3 Å². The van der Waals surface area contributed by atoms with Crippen molar-refractivity contribution in [3.63, 3.8) is 0 Å². The maximum Gasteiger partial charge on any atom is 0.320 e. The Morgan fingerprint density at radius 3 is 2.53 bits per heavy atom. The number of aromatic nitrogens is 2. The van der Waals surface area contributed by atoms with E-state index in [2.05, 4.69) is 23.9 Å². The number of hydrogen-bond acceptors (Lipinski definition) is 4. The molecule has 1 N–H and O–H groups in total. The average molecular weight is 260 g/mol. The fourth-order valence-electron chi connectivity index (χ4n) is 2.07. The van der Waals surface area contributed by atoms with Gasteiger partial charge in [0.1, 0.15) is 0 Å². The molecule has 5 heteroatoms. The number of hydrogen-bond donors (Lipinski definition) is 1. The molecule has 0 bridgehead atoms. The molecule has 1 heterocycles. The molecule has 1 aromatic carbocycles. The van der Waals surface area contributed by atoms with E-state index in [1.54, 1.807) is 0 Å². The number of nitrogens with one attached hydrogen (secondary N) is 1. The summed E-state index contributed by atoms with van der Waals surface area (Å²) < 4.78 is 6.82. The van der Waals surface area contributed by atoms with Crippen LogP contribution in [0.3, 0.4) is 0 Å². The fraction of sp³-hybridized carbons (Fsp3) is 0.429. The van der Waals surface area contributed by atoms with Crippen LogP contribution in [0, 0.1) is 5.41 Å². The molecule has 0 atom stereocenters. The first-order valence-electron chi connectivity index (χ1n) is 6.65. The predicted octanol–water partition coefficient (Wildman–Crippen LogP) is 1.96. The van der Waals surface area contributed by atoms with Crippen LogP contribution in [-0.2, 0) is 6.54 Å². The Morgan fingerprint density at radius 1 is 1.21 bits per heavy atom. The minimum atomic E-state index is 0.103. The summed E-state index contributed by atoms with van der Waals surface area (Å²) in [7, 11) is 0. The molecule has 0 saturated heterocycles. The maximum absolute atomic E-state index is 7.81. The standard InChI is InChI=1S/C14H20N4O/c1-3-17(4-2)10-11-18-13(16-19-14(18)15)12-8-6-5-7-9-12/h5-9,15H,3-4,10-11H2,1-2H3. The van der Waals surface area contributed by atoms with E-state index < -0.39 is 0 Å². The second kappa shape index (κ2) is 6.33. The monoisotopic (exact) mass is 260 g/mol. The van der Waals surface area contributed by atoms with Crippen LogP contribution in [0.4, 0.5) is 0 Å². The zero-order valence-electron chi connectivity index (χ0n) is 11.5. The van der Waals surface area contributed by atoms with E-state index in [9.17, 15) is 0 Å². The highest BCUT2D eigenvalue weighted by molar-refractivity contribution is 5.54. The van der Waals surface area contributed by atoms with E-state index in [1.165, 1.54) is 0 Å². The lowest BCUT2D eigenvalue weighted by molar-refractivity contribution is 0.282. The van der Waals surface area contributed by atoms with Gasteiger partial charge in [0.05, 0.1) is 0 Å². The lowest BCUT2D eigenvalue weighted by Crippen LogP contribution is -2.29. The van der Waals surface area contributed by atoms with E-state index in [4.69, 9.17) is 9.93 Å². The molecule has 5 nitrogen and oxygen atoms in total. The molecule has 0 unspecified atom stereocenters. The van der Waals surface area contributed by atoms with Crippen LogP contribution >= 0.6 is 0 Å². The molecule has 0 radical (unpaired) electrons. The third-order valence-corrected chi connectivity index (χ3v) is 3.29. The van der Waals surface area contributed by atoms with E-state index in [0.29, 0.717) is 6.54 Å². The molecule has 0 saturated carbocycles.